The number of hydrogen-bond acceptors (Lipinski definition) is 2. The van der Waals surface area contributed by atoms with Crippen LogP contribution >= 0.6 is 15.9 Å². The summed E-state index contributed by atoms with van der Waals surface area (Å²) in [4.78, 5) is 12.3. The van der Waals surface area contributed by atoms with Crippen LogP contribution in [0.1, 0.15) is 21.7 Å². The summed E-state index contributed by atoms with van der Waals surface area (Å²) in [6.07, 6.45) is 0. The third-order valence-electron chi connectivity index (χ3n) is 3.14. The summed E-state index contributed by atoms with van der Waals surface area (Å²) in [6, 6.07) is 11.6. The zero-order valence-corrected chi connectivity index (χ0v) is 12.2. The Morgan fingerprint density at radius 2 is 2.00 bits per heavy atom. The van der Waals surface area contributed by atoms with E-state index in [0.717, 1.165) is 10.9 Å². The zero-order chi connectivity index (χ0) is 14.3. The van der Waals surface area contributed by atoms with Gasteiger partial charge in [0, 0.05) is 9.86 Å². The molecule has 0 N–H and O–H groups in total. The van der Waals surface area contributed by atoms with Gasteiger partial charge in [0.1, 0.15) is 11.4 Å². The van der Waals surface area contributed by atoms with Crippen LogP contribution in [0, 0.1) is 12.7 Å². The highest BCUT2D eigenvalue weighted by Gasteiger charge is 2.18. The number of carbonyl (C=O) groups is 1. The van der Waals surface area contributed by atoms with Gasteiger partial charge in [-0.2, -0.15) is 0 Å². The third kappa shape index (κ3) is 2.16. The van der Waals surface area contributed by atoms with E-state index in [4.69, 9.17) is 4.42 Å². The molecule has 0 saturated carbocycles. The SMILES string of the molecule is Cc1cccc2cc(C(=O)c3ccc(Br)cc3F)oc12. The molecule has 0 bridgehead atoms. The van der Waals surface area contributed by atoms with Crippen LogP contribution < -0.4 is 0 Å². The lowest BCUT2D eigenvalue weighted by Gasteiger charge is -2.00. The average molecular weight is 333 g/mol. The lowest BCUT2D eigenvalue weighted by Crippen LogP contribution is -2.02. The molecule has 1 aromatic heterocycles. The van der Waals surface area contributed by atoms with E-state index in [9.17, 15) is 9.18 Å². The van der Waals surface area contributed by atoms with Crippen LogP contribution in [-0.4, -0.2) is 5.78 Å². The molecule has 0 aliphatic carbocycles. The fraction of sp³-hybridized carbons (Fsp3) is 0.0625. The van der Waals surface area contributed by atoms with Crippen molar-refractivity contribution in [2.45, 2.75) is 6.92 Å². The largest absolute Gasteiger partial charge is 0.452 e. The number of benzene rings is 2. The van der Waals surface area contributed by atoms with Gasteiger partial charge in [-0.05, 0) is 36.8 Å². The van der Waals surface area contributed by atoms with E-state index in [0.29, 0.717) is 10.1 Å². The Labute approximate surface area is 123 Å². The maximum atomic E-state index is 13.8. The molecule has 0 spiro atoms. The minimum Gasteiger partial charge on any atom is -0.452 e. The first-order valence-electron chi connectivity index (χ1n) is 6.05. The molecule has 2 nitrogen and oxygen atoms in total. The second-order valence-electron chi connectivity index (χ2n) is 4.56. The monoisotopic (exact) mass is 332 g/mol. The number of fused-ring (bicyclic) bond motifs is 1. The third-order valence-corrected chi connectivity index (χ3v) is 3.63. The van der Waals surface area contributed by atoms with Crippen molar-refractivity contribution in [3.8, 4) is 0 Å². The lowest BCUT2D eigenvalue weighted by atomic mass is 10.1. The molecule has 0 unspecified atom stereocenters. The Balaban J connectivity index is 2.10. The van der Waals surface area contributed by atoms with Gasteiger partial charge in [-0.15, -0.1) is 0 Å². The molecule has 3 aromatic rings. The van der Waals surface area contributed by atoms with E-state index >= 15 is 0 Å². The van der Waals surface area contributed by atoms with Crippen LogP contribution in [0.15, 0.2) is 51.4 Å². The number of aryl methyl sites for hydroxylation is 1. The number of furan rings is 1. The van der Waals surface area contributed by atoms with Gasteiger partial charge in [-0.1, -0.05) is 34.1 Å². The predicted molar refractivity (Wildman–Crippen MR) is 78.5 cm³/mol. The predicted octanol–water partition coefficient (Wildman–Crippen LogP) is 4.87. The number of hydrogen-bond donors (Lipinski definition) is 0. The van der Waals surface area contributed by atoms with Crippen LogP contribution in [0.3, 0.4) is 0 Å². The van der Waals surface area contributed by atoms with Crippen LogP contribution in [-0.2, 0) is 0 Å². The summed E-state index contributed by atoms with van der Waals surface area (Å²) < 4.78 is 20.0. The van der Waals surface area contributed by atoms with Gasteiger partial charge in [0.25, 0.3) is 0 Å². The molecule has 0 amide bonds. The molecular weight excluding hydrogens is 323 g/mol. The number of ketones is 1. The Kier molecular flexibility index (Phi) is 3.18. The molecule has 0 atom stereocenters. The van der Waals surface area contributed by atoms with E-state index in [1.54, 1.807) is 12.1 Å². The molecule has 100 valence electrons. The van der Waals surface area contributed by atoms with Crippen molar-refractivity contribution in [2.75, 3.05) is 0 Å². The molecule has 2 aromatic carbocycles. The van der Waals surface area contributed by atoms with Gasteiger partial charge >= 0.3 is 0 Å². The maximum absolute atomic E-state index is 13.8. The topological polar surface area (TPSA) is 30.2 Å². The minimum absolute atomic E-state index is 0.00455. The van der Waals surface area contributed by atoms with E-state index in [1.165, 1.54) is 12.1 Å². The van der Waals surface area contributed by atoms with Gasteiger partial charge in [0.15, 0.2) is 5.76 Å². The van der Waals surface area contributed by atoms with E-state index in [2.05, 4.69) is 15.9 Å². The van der Waals surface area contributed by atoms with Crippen molar-refractivity contribution >= 4 is 32.7 Å². The van der Waals surface area contributed by atoms with E-state index in [1.807, 2.05) is 25.1 Å². The summed E-state index contributed by atoms with van der Waals surface area (Å²) in [5.74, 6) is -0.873. The molecule has 20 heavy (non-hydrogen) atoms. The molecule has 3 rings (SSSR count). The van der Waals surface area contributed by atoms with Crippen LogP contribution in [0.2, 0.25) is 0 Å². The number of para-hydroxylation sites is 1. The molecule has 0 fully saturated rings. The van der Waals surface area contributed by atoms with Crippen molar-refractivity contribution in [2.24, 2.45) is 0 Å². The number of halogens is 2. The van der Waals surface area contributed by atoms with Crippen molar-refractivity contribution in [3.63, 3.8) is 0 Å². The first-order chi connectivity index (χ1) is 9.56. The summed E-state index contributed by atoms with van der Waals surface area (Å²) in [5, 5.41) is 0.839. The first kappa shape index (κ1) is 13.1. The summed E-state index contributed by atoms with van der Waals surface area (Å²) in [5.41, 5.74) is 1.61. The first-order valence-corrected chi connectivity index (χ1v) is 6.84. The molecule has 1 heterocycles. The lowest BCUT2D eigenvalue weighted by molar-refractivity contribution is 0.101. The van der Waals surface area contributed by atoms with Crippen LogP contribution in [0.5, 0.6) is 0 Å². The second kappa shape index (κ2) is 4.87. The zero-order valence-electron chi connectivity index (χ0n) is 10.6. The van der Waals surface area contributed by atoms with E-state index < -0.39 is 11.6 Å². The fourth-order valence-electron chi connectivity index (χ4n) is 2.13. The van der Waals surface area contributed by atoms with Gasteiger partial charge in [-0.3, -0.25) is 4.79 Å². The van der Waals surface area contributed by atoms with E-state index in [-0.39, 0.29) is 11.3 Å². The summed E-state index contributed by atoms with van der Waals surface area (Å²) >= 11 is 3.16. The van der Waals surface area contributed by atoms with Gasteiger partial charge in [0.05, 0.1) is 5.56 Å². The van der Waals surface area contributed by atoms with Crippen molar-refractivity contribution in [3.05, 3.63) is 69.6 Å². The highest BCUT2D eigenvalue weighted by Crippen LogP contribution is 2.25. The second-order valence-corrected chi connectivity index (χ2v) is 5.47. The standard InChI is InChI=1S/C16H10BrFO2/c1-9-3-2-4-10-7-14(20-16(9)10)15(19)12-6-5-11(17)8-13(12)18/h2-8H,1H3. The van der Waals surface area contributed by atoms with Crippen LogP contribution in [0.4, 0.5) is 4.39 Å². The smallest absolute Gasteiger partial charge is 0.231 e. The summed E-state index contributed by atoms with van der Waals surface area (Å²) in [6.45, 7) is 1.90. The van der Waals surface area contributed by atoms with Crippen molar-refractivity contribution in [1.29, 1.82) is 0 Å². The Morgan fingerprint density at radius 1 is 1.20 bits per heavy atom. The average Bonchev–Trinajstić information content (AvgIpc) is 2.83. The quantitative estimate of drug-likeness (QED) is 0.626. The highest BCUT2D eigenvalue weighted by molar-refractivity contribution is 9.10. The van der Waals surface area contributed by atoms with Crippen LogP contribution in [0.25, 0.3) is 11.0 Å². The van der Waals surface area contributed by atoms with Gasteiger partial charge in [0.2, 0.25) is 5.78 Å². The minimum atomic E-state index is -0.568. The van der Waals surface area contributed by atoms with Crippen molar-refractivity contribution < 1.29 is 13.6 Å². The maximum Gasteiger partial charge on any atom is 0.231 e. The van der Waals surface area contributed by atoms with Gasteiger partial charge in [-0.25, -0.2) is 4.39 Å². The molecule has 0 radical (unpaired) electrons. The number of rotatable bonds is 2. The summed E-state index contributed by atoms with van der Waals surface area (Å²) in [7, 11) is 0. The molecule has 0 saturated heterocycles. The van der Waals surface area contributed by atoms with Gasteiger partial charge < -0.3 is 4.42 Å². The normalized spacial score (nSPS) is 10.9. The molecular formula is C16H10BrFO2. The molecule has 0 aliphatic rings. The highest BCUT2D eigenvalue weighted by atomic mass is 79.9. The Hall–Kier alpha value is -1.94. The van der Waals surface area contributed by atoms with Crippen molar-refractivity contribution in [1.82, 2.24) is 0 Å². The molecule has 4 heteroatoms. The Morgan fingerprint density at radius 3 is 2.70 bits per heavy atom. The molecule has 0 aliphatic heterocycles. The number of carbonyl (C=O) groups excluding carboxylic acids is 1. The fourth-order valence-corrected chi connectivity index (χ4v) is 2.46. The Bertz CT molecular complexity index is 820.